The van der Waals surface area contributed by atoms with E-state index in [1.165, 1.54) is 19.1 Å². The molecule has 0 fully saturated rings. The monoisotopic (exact) mass is 304 g/mol. The largest absolute Gasteiger partial charge is 0.425 e. The summed E-state index contributed by atoms with van der Waals surface area (Å²) in [6.45, 7) is 7.05. The summed E-state index contributed by atoms with van der Waals surface area (Å²) in [5.74, 6) is -0.665. The van der Waals surface area contributed by atoms with Crippen LogP contribution in [0.25, 0.3) is 0 Å². The van der Waals surface area contributed by atoms with Gasteiger partial charge in [-0.25, -0.2) is 0 Å². The predicted octanol–water partition coefficient (Wildman–Crippen LogP) is 2.63. The number of ether oxygens (including phenoxy) is 2. The molecule has 0 radical (unpaired) electrons. The van der Waals surface area contributed by atoms with Crippen LogP contribution in [0.2, 0.25) is 0 Å². The van der Waals surface area contributed by atoms with Crippen LogP contribution in [0, 0.1) is 11.3 Å². The molecular weight excluding hydrogens is 284 g/mol. The fourth-order valence-corrected chi connectivity index (χ4v) is 1.64. The summed E-state index contributed by atoms with van der Waals surface area (Å²) < 4.78 is 10.4. The van der Waals surface area contributed by atoms with Gasteiger partial charge in [0, 0.05) is 19.2 Å². The highest BCUT2D eigenvalue weighted by atomic mass is 16.5. The van der Waals surface area contributed by atoms with Crippen molar-refractivity contribution in [1.82, 2.24) is 0 Å². The summed E-state index contributed by atoms with van der Waals surface area (Å²) in [5.41, 5.74) is -0.372. The lowest BCUT2D eigenvalue weighted by Crippen LogP contribution is -2.40. The number of nitriles is 1. The van der Waals surface area contributed by atoms with Crippen LogP contribution >= 0.6 is 0 Å². The van der Waals surface area contributed by atoms with Crippen LogP contribution in [0.1, 0.15) is 39.7 Å². The van der Waals surface area contributed by atoms with Gasteiger partial charge >= 0.3 is 5.97 Å². The van der Waals surface area contributed by atoms with Gasteiger partial charge in [0.25, 0.3) is 5.91 Å². The number of benzene rings is 1. The van der Waals surface area contributed by atoms with Gasteiger partial charge in [-0.15, -0.1) is 0 Å². The Morgan fingerprint density at radius 2 is 2.05 bits per heavy atom. The van der Waals surface area contributed by atoms with E-state index in [0.29, 0.717) is 12.3 Å². The van der Waals surface area contributed by atoms with E-state index in [4.69, 9.17) is 14.7 Å². The number of nitrogens with zero attached hydrogens (tertiary/aromatic N) is 1. The summed E-state index contributed by atoms with van der Waals surface area (Å²) in [5, 5.41) is 11.8. The Labute approximate surface area is 130 Å². The number of carbonyl (C=O) groups is 2. The molecule has 0 saturated carbocycles. The van der Waals surface area contributed by atoms with E-state index < -0.39 is 11.6 Å². The van der Waals surface area contributed by atoms with E-state index in [9.17, 15) is 9.59 Å². The minimum atomic E-state index is -0.975. The van der Waals surface area contributed by atoms with E-state index >= 15 is 0 Å². The summed E-state index contributed by atoms with van der Waals surface area (Å²) in [4.78, 5) is 23.2. The first kappa shape index (κ1) is 17.7. The number of nitrogens with one attached hydrogen (secondary N) is 1. The molecule has 0 atom stereocenters. The molecule has 0 saturated heterocycles. The molecule has 1 amide bonds. The zero-order chi connectivity index (χ0) is 16.8. The van der Waals surface area contributed by atoms with Crippen molar-refractivity contribution in [3.63, 3.8) is 0 Å². The van der Waals surface area contributed by atoms with Gasteiger partial charge in [-0.2, -0.15) is 5.26 Å². The lowest BCUT2D eigenvalue weighted by atomic mass is 10.1. The molecule has 0 bridgehead atoms. The first-order valence-corrected chi connectivity index (χ1v) is 6.98. The van der Waals surface area contributed by atoms with Crippen molar-refractivity contribution in [1.29, 1.82) is 5.26 Å². The Hall–Kier alpha value is -2.39. The predicted molar refractivity (Wildman–Crippen MR) is 81.4 cm³/mol. The lowest BCUT2D eigenvalue weighted by molar-refractivity contribution is -0.137. The molecule has 0 aliphatic heterocycles. The van der Waals surface area contributed by atoms with Crippen molar-refractivity contribution in [3.05, 3.63) is 23.8 Å². The number of anilines is 1. The van der Waals surface area contributed by atoms with E-state index in [2.05, 4.69) is 5.32 Å². The quantitative estimate of drug-likeness (QED) is 0.644. The number of rotatable bonds is 6. The summed E-state index contributed by atoms with van der Waals surface area (Å²) >= 11 is 0. The smallest absolute Gasteiger partial charge is 0.308 e. The topological polar surface area (TPSA) is 88.4 Å². The number of amides is 1. The summed E-state index contributed by atoms with van der Waals surface area (Å²) in [6, 6.07) is 6.41. The van der Waals surface area contributed by atoms with E-state index in [1.807, 2.05) is 13.0 Å². The zero-order valence-corrected chi connectivity index (χ0v) is 13.2. The van der Waals surface area contributed by atoms with Crippen molar-refractivity contribution in [2.45, 2.75) is 39.7 Å². The summed E-state index contributed by atoms with van der Waals surface area (Å²) in [6.07, 6.45) is 0.812. The van der Waals surface area contributed by atoms with Crippen LogP contribution in [-0.2, 0) is 14.3 Å². The third kappa shape index (κ3) is 4.86. The minimum Gasteiger partial charge on any atom is -0.425 e. The maximum Gasteiger partial charge on any atom is 0.308 e. The number of carbonyl (C=O) groups excluding carboxylic acids is 2. The number of hydrogen-bond acceptors (Lipinski definition) is 5. The molecule has 0 aliphatic rings. The molecule has 6 heteroatoms. The van der Waals surface area contributed by atoms with Gasteiger partial charge in [-0.1, -0.05) is 6.92 Å². The van der Waals surface area contributed by atoms with Gasteiger partial charge in [0.05, 0.1) is 5.56 Å². The Morgan fingerprint density at radius 3 is 2.59 bits per heavy atom. The Morgan fingerprint density at radius 1 is 1.36 bits per heavy atom. The number of esters is 1. The van der Waals surface area contributed by atoms with Crippen LogP contribution in [-0.4, -0.2) is 24.1 Å². The van der Waals surface area contributed by atoms with Crippen molar-refractivity contribution in [2.75, 3.05) is 11.9 Å². The Kier molecular flexibility index (Phi) is 6.08. The molecule has 0 aliphatic carbocycles. The summed E-state index contributed by atoms with van der Waals surface area (Å²) in [7, 11) is 0. The number of hydrogen-bond donors (Lipinski definition) is 1. The van der Waals surface area contributed by atoms with Crippen molar-refractivity contribution in [2.24, 2.45) is 0 Å². The average Bonchev–Trinajstić information content (AvgIpc) is 2.46. The highest BCUT2D eigenvalue weighted by Crippen LogP contribution is 2.23. The van der Waals surface area contributed by atoms with E-state index in [1.54, 1.807) is 19.9 Å². The second kappa shape index (κ2) is 7.57. The van der Waals surface area contributed by atoms with Crippen molar-refractivity contribution in [3.8, 4) is 11.8 Å². The van der Waals surface area contributed by atoms with Crippen molar-refractivity contribution < 1.29 is 19.1 Å². The van der Waals surface area contributed by atoms with Crippen LogP contribution < -0.4 is 10.1 Å². The molecule has 1 aromatic carbocycles. The molecule has 1 aromatic rings. The Balaban J connectivity index is 2.88. The van der Waals surface area contributed by atoms with Gasteiger partial charge in [-0.05, 0) is 38.5 Å². The Bertz CT molecular complexity index is 603. The van der Waals surface area contributed by atoms with Crippen molar-refractivity contribution >= 4 is 17.6 Å². The first-order valence-electron chi connectivity index (χ1n) is 6.98. The van der Waals surface area contributed by atoms with Gasteiger partial charge < -0.3 is 14.8 Å². The third-order valence-electron chi connectivity index (χ3n) is 2.83. The lowest BCUT2D eigenvalue weighted by Gasteiger charge is -2.24. The molecule has 22 heavy (non-hydrogen) atoms. The van der Waals surface area contributed by atoms with E-state index in [-0.39, 0.29) is 17.2 Å². The van der Waals surface area contributed by atoms with Gasteiger partial charge in [0.15, 0.2) is 0 Å². The molecule has 6 nitrogen and oxygen atoms in total. The molecule has 0 spiro atoms. The van der Waals surface area contributed by atoms with Gasteiger partial charge in [-0.3, -0.25) is 9.59 Å². The standard InChI is InChI=1S/C16H20N2O4/c1-5-8-21-16(3,4)15(20)18-13-6-7-14(22-11(2)19)12(9-13)10-17/h6-7,9H,5,8H2,1-4H3,(H,18,20). The second-order valence-electron chi connectivity index (χ2n) is 5.23. The molecule has 1 rings (SSSR count). The first-order chi connectivity index (χ1) is 10.3. The molecule has 0 heterocycles. The molecule has 118 valence electrons. The normalized spacial score (nSPS) is 10.7. The van der Waals surface area contributed by atoms with Crippen LogP contribution in [0.3, 0.4) is 0 Å². The van der Waals surface area contributed by atoms with Gasteiger partial charge in [0.1, 0.15) is 17.4 Å². The minimum absolute atomic E-state index is 0.162. The fourth-order valence-electron chi connectivity index (χ4n) is 1.64. The van der Waals surface area contributed by atoms with Crippen LogP contribution in [0.15, 0.2) is 18.2 Å². The molecule has 0 aromatic heterocycles. The van der Waals surface area contributed by atoms with Gasteiger partial charge in [0.2, 0.25) is 0 Å². The van der Waals surface area contributed by atoms with E-state index in [0.717, 1.165) is 6.42 Å². The van der Waals surface area contributed by atoms with Crippen LogP contribution in [0.4, 0.5) is 5.69 Å². The molecular formula is C16H20N2O4. The maximum absolute atomic E-state index is 12.2. The second-order valence-corrected chi connectivity index (χ2v) is 5.23. The zero-order valence-electron chi connectivity index (χ0n) is 13.2. The van der Waals surface area contributed by atoms with Crippen LogP contribution in [0.5, 0.6) is 5.75 Å². The molecule has 1 N–H and O–H groups in total. The SMILES string of the molecule is CCCOC(C)(C)C(=O)Nc1ccc(OC(C)=O)c(C#N)c1. The highest BCUT2D eigenvalue weighted by molar-refractivity contribution is 5.97. The molecule has 0 unspecified atom stereocenters. The third-order valence-corrected chi connectivity index (χ3v) is 2.83. The maximum atomic E-state index is 12.2. The fraction of sp³-hybridized carbons (Fsp3) is 0.438. The highest BCUT2D eigenvalue weighted by Gasteiger charge is 2.28. The average molecular weight is 304 g/mol.